The van der Waals surface area contributed by atoms with E-state index in [-0.39, 0.29) is 0 Å². The molecule has 150 valence electrons. The van der Waals surface area contributed by atoms with E-state index in [9.17, 15) is 0 Å². The van der Waals surface area contributed by atoms with Crippen LogP contribution in [0.5, 0.6) is 0 Å². The molecule has 31 heavy (non-hydrogen) atoms. The summed E-state index contributed by atoms with van der Waals surface area (Å²) in [5.74, 6) is 0.704. The number of aromatic nitrogens is 6. The zero-order valence-corrected chi connectivity index (χ0v) is 17.0. The summed E-state index contributed by atoms with van der Waals surface area (Å²) in [5, 5.41) is 8.64. The summed E-state index contributed by atoms with van der Waals surface area (Å²) >= 11 is 0. The van der Waals surface area contributed by atoms with Crippen LogP contribution in [0.15, 0.2) is 85.9 Å². The molecule has 0 saturated carbocycles. The Bertz CT molecular complexity index is 1390. The first-order valence-electron chi connectivity index (χ1n) is 9.94. The van der Waals surface area contributed by atoms with Crippen LogP contribution < -0.4 is 0 Å². The largest absolute Gasteiger partial charge is 0.340 e. The maximum atomic E-state index is 4.90. The third-order valence-corrected chi connectivity index (χ3v) is 5.14. The van der Waals surface area contributed by atoms with Crippen LogP contribution in [0.4, 0.5) is 0 Å². The molecule has 0 aliphatic rings. The van der Waals surface area contributed by atoms with Crippen LogP contribution in [0.2, 0.25) is 0 Å². The lowest BCUT2D eigenvalue weighted by Crippen LogP contribution is -1.92. The number of rotatable bonds is 5. The molecular formula is C25H20N6. The zero-order valence-electron chi connectivity index (χ0n) is 17.0. The van der Waals surface area contributed by atoms with Gasteiger partial charge in [0.1, 0.15) is 5.69 Å². The molecule has 0 fully saturated rings. The number of fused-ring (bicyclic) bond motifs is 1. The van der Waals surface area contributed by atoms with Crippen molar-refractivity contribution in [2.24, 2.45) is 0 Å². The van der Waals surface area contributed by atoms with Crippen LogP contribution in [0.25, 0.3) is 39.3 Å². The van der Waals surface area contributed by atoms with Crippen molar-refractivity contribution in [3.05, 3.63) is 103 Å². The highest BCUT2D eigenvalue weighted by Gasteiger charge is 2.18. The number of allylic oxidation sites excluding steroid dienone is 2. The van der Waals surface area contributed by atoms with Crippen molar-refractivity contribution in [1.82, 2.24) is 30.1 Å². The number of benzene rings is 1. The lowest BCUT2D eigenvalue weighted by Gasteiger charge is -2.04. The van der Waals surface area contributed by atoms with E-state index in [2.05, 4.69) is 37.8 Å². The topological polar surface area (TPSA) is 83.1 Å². The number of nitrogens with one attached hydrogen (secondary N) is 2. The Morgan fingerprint density at radius 1 is 1.06 bits per heavy atom. The summed E-state index contributed by atoms with van der Waals surface area (Å²) in [7, 11) is 0. The van der Waals surface area contributed by atoms with E-state index >= 15 is 0 Å². The minimum absolute atomic E-state index is 0.704. The van der Waals surface area contributed by atoms with Crippen LogP contribution in [-0.4, -0.2) is 30.1 Å². The SMILES string of the molecule is C=C/C=C(/c1cccnc1)c1nc(-c2n[nH]c3ccc(-c4ccccn4)cc23)[nH]c1C. The van der Waals surface area contributed by atoms with Crippen LogP contribution in [-0.2, 0) is 0 Å². The molecule has 6 heteroatoms. The van der Waals surface area contributed by atoms with E-state index < -0.39 is 0 Å². The number of pyridine rings is 2. The van der Waals surface area contributed by atoms with Crippen molar-refractivity contribution in [3.63, 3.8) is 0 Å². The van der Waals surface area contributed by atoms with Gasteiger partial charge in [-0.1, -0.05) is 36.9 Å². The molecule has 1 aromatic carbocycles. The number of H-pyrrole nitrogens is 2. The zero-order chi connectivity index (χ0) is 21.2. The normalized spacial score (nSPS) is 11.7. The highest BCUT2D eigenvalue weighted by Crippen LogP contribution is 2.31. The summed E-state index contributed by atoms with van der Waals surface area (Å²) < 4.78 is 0. The Labute approximate surface area is 179 Å². The number of hydrogen-bond donors (Lipinski definition) is 2. The average Bonchev–Trinajstić information content (AvgIpc) is 3.41. The van der Waals surface area contributed by atoms with Crippen LogP contribution in [0, 0.1) is 6.92 Å². The lowest BCUT2D eigenvalue weighted by atomic mass is 10.0. The molecule has 0 spiro atoms. The Morgan fingerprint density at radius 3 is 2.77 bits per heavy atom. The first kappa shape index (κ1) is 18.7. The molecule has 0 aliphatic carbocycles. The van der Waals surface area contributed by atoms with E-state index in [0.717, 1.165) is 50.4 Å². The van der Waals surface area contributed by atoms with Gasteiger partial charge < -0.3 is 4.98 Å². The van der Waals surface area contributed by atoms with Crippen molar-refractivity contribution in [2.45, 2.75) is 6.92 Å². The quantitative estimate of drug-likeness (QED) is 0.388. The van der Waals surface area contributed by atoms with Gasteiger partial charge in [-0.25, -0.2) is 4.98 Å². The maximum absolute atomic E-state index is 4.90. The molecule has 5 rings (SSSR count). The van der Waals surface area contributed by atoms with E-state index in [1.165, 1.54) is 0 Å². The predicted octanol–water partition coefficient (Wildman–Crippen LogP) is 5.34. The first-order chi connectivity index (χ1) is 15.2. The third-order valence-electron chi connectivity index (χ3n) is 5.14. The third kappa shape index (κ3) is 3.44. The molecule has 0 atom stereocenters. The number of aromatic amines is 2. The lowest BCUT2D eigenvalue weighted by molar-refractivity contribution is 1.10. The standard InChI is InChI=1S/C25H20N6/c1-3-7-19(18-8-6-12-26-15-18)23-16(2)28-25(29-23)24-20-14-17(10-11-22(20)30-31-24)21-9-4-5-13-27-21/h3-15H,1H2,2H3,(H,28,29)(H,30,31)/b19-7-. The number of aryl methyl sites for hydroxylation is 1. The van der Waals surface area contributed by atoms with Gasteiger partial charge in [-0.2, -0.15) is 5.10 Å². The average molecular weight is 404 g/mol. The molecule has 0 bridgehead atoms. The molecule has 0 unspecified atom stereocenters. The Hall–Kier alpha value is -4.32. The highest BCUT2D eigenvalue weighted by atomic mass is 15.1. The Kier molecular flexibility index (Phi) is 4.72. The van der Waals surface area contributed by atoms with Crippen molar-refractivity contribution >= 4 is 16.5 Å². The number of imidazole rings is 1. The summed E-state index contributed by atoms with van der Waals surface area (Å²) in [6.45, 7) is 5.87. The van der Waals surface area contributed by atoms with Crippen molar-refractivity contribution < 1.29 is 0 Å². The van der Waals surface area contributed by atoms with Gasteiger partial charge in [-0.3, -0.25) is 15.1 Å². The van der Waals surface area contributed by atoms with Crippen LogP contribution in [0.1, 0.15) is 17.0 Å². The molecule has 0 radical (unpaired) electrons. The minimum atomic E-state index is 0.704. The van der Waals surface area contributed by atoms with Crippen molar-refractivity contribution in [3.8, 4) is 22.8 Å². The van der Waals surface area contributed by atoms with Gasteiger partial charge in [0.2, 0.25) is 0 Å². The van der Waals surface area contributed by atoms with E-state index in [1.54, 1.807) is 18.5 Å². The van der Waals surface area contributed by atoms with E-state index in [1.807, 2.05) is 61.7 Å². The molecule has 4 heterocycles. The Morgan fingerprint density at radius 2 is 2.00 bits per heavy atom. The van der Waals surface area contributed by atoms with Gasteiger partial charge >= 0.3 is 0 Å². The molecule has 0 aliphatic heterocycles. The Balaban J connectivity index is 1.62. The summed E-state index contributed by atoms with van der Waals surface area (Å²) in [6, 6.07) is 16.0. The fraction of sp³-hybridized carbons (Fsp3) is 0.0400. The smallest absolute Gasteiger partial charge is 0.159 e. The number of nitrogens with zero attached hydrogens (tertiary/aromatic N) is 4. The van der Waals surface area contributed by atoms with Crippen molar-refractivity contribution in [2.75, 3.05) is 0 Å². The molecule has 6 nitrogen and oxygen atoms in total. The first-order valence-corrected chi connectivity index (χ1v) is 9.94. The summed E-state index contributed by atoms with van der Waals surface area (Å²) in [4.78, 5) is 17.0. The molecule has 0 saturated heterocycles. The van der Waals surface area contributed by atoms with Gasteiger partial charge in [0.25, 0.3) is 0 Å². The molecule has 4 aromatic heterocycles. The predicted molar refractivity (Wildman–Crippen MR) is 123 cm³/mol. The fourth-order valence-electron chi connectivity index (χ4n) is 3.67. The summed E-state index contributed by atoms with van der Waals surface area (Å²) in [5.41, 5.74) is 7.39. The number of hydrogen-bond acceptors (Lipinski definition) is 4. The fourth-order valence-corrected chi connectivity index (χ4v) is 3.67. The monoisotopic (exact) mass is 404 g/mol. The molecular weight excluding hydrogens is 384 g/mol. The van der Waals surface area contributed by atoms with Crippen LogP contribution in [0.3, 0.4) is 0 Å². The minimum Gasteiger partial charge on any atom is -0.340 e. The molecule has 0 amide bonds. The molecule has 5 aromatic rings. The molecule has 2 N–H and O–H groups in total. The highest BCUT2D eigenvalue weighted by molar-refractivity contribution is 5.94. The van der Waals surface area contributed by atoms with Crippen LogP contribution >= 0.6 is 0 Å². The van der Waals surface area contributed by atoms with Gasteiger partial charge in [-0.15, -0.1) is 0 Å². The maximum Gasteiger partial charge on any atom is 0.159 e. The van der Waals surface area contributed by atoms with Crippen molar-refractivity contribution in [1.29, 1.82) is 0 Å². The van der Waals surface area contributed by atoms with E-state index in [0.29, 0.717) is 5.82 Å². The second-order valence-corrected chi connectivity index (χ2v) is 7.16. The van der Waals surface area contributed by atoms with Gasteiger partial charge in [-0.05, 0) is 37.3 Å². The van der Waals surface area contributed by atoms with E-state index in [4.69, 9.17) is 4.98 Å². The summed E-state index contributed by atoms with van der Waals surface area (Å²) in [6.07, 6.45) is 9.09. The van der Waals surface area contributed by atoms with Gasteiger partial charge in [0.15, 0.2) is 5.82 Å². The second-order valence-electron chi connectivity index (χ2n) is 7.16. The van der Waals surface area contributed by atoms with Gasteiger partial charge in [0, 0.05) is 46.4 Å². The van der Waals surface area contributed by atoms with Gasteiger partial charge in [0.05, 0.1) is 16.9 Å². The second kappa shape index (κ2) is 7.84.